The summed E-state index contributed by atoms with van der Waals surface area (Å²) < 4.78 is 2.38. The zero-order valence-electron chi connectivity index (χ0n) is 13.9. The molecule has 3 aromatic rings. The van der Waals surface area contributed by atoms with Gasteiger partial charge in [0, 0.05) is 13.0 Å². The van der Waals surface area contributed by atoms with Gasteiger partial charge in [0.2, 0.25) is 0 Å². The highest BCUT2D eigenvalue weighted by molar-refractivity contribution is 5.76. The largest absolute Gasteiger partial charge is 0.323 e. The van der Waals surface area contributed by atoms with E-state index in [1.54, 1.807) is 0 Å². The van der Waals surface area contributed by atoms with Gasteiger partial charge in [-0.25, -0.2) is 4.98 Å². The first-order valence-electron chi connectivity index (χ1n) is 7.93. The molecule has 0 spiro atoms. The molecular formula is C20H24N2. The van der Waals surface area contributed by atoms with Crippen LogP contribution in [0.2, 0.25) is 0 Å². The quantitative estimate of drug-likeness (QED) is 0.665. The average molecular weight is 292 g/mol. The van der Waals surface area contributed by atoms with Crippen molar-refractivity contribution >= 4 is 11.0 Å². The van der Waals surface area contributed by atoms with Crippen LogP contribution in [0.4, 0.5) is 0 Å². The fourth-order valence-electron chi connectivity index (χ4n) is 2.87. The lowest BCUT2D eigenvalue weighted by Crippen LogP contribution is -2.15. The molecule has 0 saturated carbocycles. The number of benzene rings is 2. The second-order valence-corrected chi connectivity index (χ2v) is 7.27. The van der Waals surface area contributed by atoms with E-state index in [0.717, 1.165) is 18.5 Å². The molecule has 1 aromatic heterocycles. The molecule has 0 radical (unpaired) electrons. The summed E-state index contributed by atoms with van der Waals surface area (Å²) in [6, 6.07) is 17.0. The number of rotatable bonds is 3. The molecular weight excluding hydrogens is 268 g/mol. The Kier molecular flexibility index (Phi) is 3.78. The van der Waals surface area contributed by atoms with Gasteiger partial charge in [0.1, 0.15) is 5.82 Å². The van der Waals surface area contributed by atoms with Crippen molar-refractivity contribution in [3.05, 3.63) is 65.5 Å². The SMILES string of the molecule is Cc1ccccc1Cn1c(CC(C)(C)C)nc2ccccc21. The number of aromatic nitrogens is 2. The van der Waals surface area contributed by atoms with Crippen LogP contribution in [-0.2, 0) is 13.0 Å². The highest BCUT2D eigenvalue weighted by atomic mass is 15.1. The van der Waals surface area contributed by atoms with E-state index in [0.29, 0.717) is 0 Å². The minimum atomic E-state index is 0.227. The fraction of sp³-hybridized carbons (Fsp3) is 0.350. The molecule has 0 saturated heterocycles. The van der Waals surface area contributed by atoms with Crippen molar-refractivity contribution < 1.29 is 0 Å². The van der Waals surface area contributed by atoms with Crippen LogP contribution < -0.4 is 0 Å². The predicted octanol–water partition coefficient (Wildman–Crippen LogP) is 4.98. The van der Waals surface area contributed by atoms with E-state index in [9.17, 15) is 0 Å². The number of aryl methyl sites for hydroxylation is 1. The van der Waals surface area contributed by atoms with Crippen molar-refractivity contribution in [1.82, 2.24) is 9.55 Å². The average Bonchev–Trinajstić information content (AvgIpc) is 2.77. The second-order valence-electron chi connectivity index (χ2n) is 7.27. The molecule has 0 bridgehead atoms. The summed E-state index contributed by atoms with van der Waals surface area (Å²) >= 11 is 0. The molecule has 2 aromatic carbocycles. The van der Waals surface area contributed by atoms with Crippen LogP contribution >= 0.6 is 0 Å². The summed E-state index contributed by atoms with van der Waals surface area (Å²) in [6.07, 6.45) is 0.980. The minimum Gasteiger partial charge on any atom is -0.323 e. The summed E-state index contributed by atoms with van der Waals surface area (Å²) in [5.41, 5.74) is 5.24. The summed E-state index contributed by atoms with van der Waals surface area (Å²) in [7, 11) is 0. The number of para-hydroxylation sites is 2. The van der Waals surface area contributed by atoms with E-state index in [4.69, 9.17) is 4.98 Å². The molecule has 0 N–H and O–H groups in total. The summed E-state index contributed by atoms with van der Waals surface area (Å²) in [5.74, 6) is 1.18. The molecule has 0 fully saturated rings. The van der Waals surface area contributed by atoms with Gasteiger partial charge in [-0.05, 0) is 35.6 Å². The highest BCUT2D eigenvalue weighted by Gasteiger charge is 2.18. The van der Waals surface area contributed by atoms with Gasteiger partial charge in [-0.1, -0.05) is 57.2 Å². The Balaban J connectivity index is 2.09. The molecule has 2 heteroatoms. The van der Waals surface area contributed by atoms with Crippen LogP contribution in [0, 0.1) is 12.3 Å². The minimum absolute atomic E-state index is 0.227. The molecule has 0 aliphatic rings. The summed E-state index contributed by atoms with van der Waals surface area (Å²) in [6.45, 7) is 9.87. The van der Waals surface area contributed by atoms with Crippen LogP contribution in [0.5, 0.6) is 0 Å². The molecule has 0 atom stereocenters. The van der Waals surface area contributed by atoms with Gasteiger partial charge in [-0.3, -0.25) is 0 Å². The zero-order chi connectivity index (χ0) is 15.7. The zero-order valence-corrected chi connectivity index (χ0v) is 13.9. The number of hydrogen-bond donors (Lipinski definition) is 0. The molecule has 0 aliphatic heterocycles. The van der Waals surface area contributed by atoms with E-state index in [1.807, 2.05) is 0 Å². The Morgan fingerprint density at radius 3 is 2.36 bits per heavy atom. The van der Waals surface area contributed by atoms with Crippen LogP contribution in [-0.4, -0.2) is 9.55 Å². The van der Waals surface area contributed by atoms with Crippen molar-refractivity contribution in [2.24, 2.45) is 5.41 Å². The van der Waals surface area contributed by atoms with Crippen molar-refractivity contribution in [3.63, 3.8) is 0 Å². The molecule has 0 amide bonds. The number of hydrogen-bond acceptors (Lipinski definition) is 1. The topological polar surface area (TPSA) is 17.8 Å². The first kappa shape index (κ1) is 14.8. The fourth-order valence-corrected chi connectivity index (χ4v) is 2.87. The van der Waals surface area contributed by atoms with Gasteiger partial charge < -0.3 is 4.57 Å². The lowest BCUT2D eigenvalue weighted by molar-refractivity contribution is 0.394. The van der Waals surface area contributed by atoms with Crippen LogP contribution in [0.3, 0.4) is 0 Å². The van der Waals surface area contributed by atoms with Gasteiger partial charge in [-0.2, -0.15) is 0 Å². The van der Waals surface area contributed by atoms with E-state index in [-0.39, 0.29) is 5.41 Å². The molecule has 3 rings (SSSR count). The maximum atomic E-state index is 4.89. The van der Waals surface area contributed by atoms with Crippen LogP contribution in [0.15, 0.2) is 48.5 Å². The molecule has 114 valence electrons. The summed E-state index contributed by atoms with van der Waals surface area (Å²) in [5, 5.41) is 0. The van der Waals surface area contributed by atoms with Crippen LogP contribution in [0.25, 0.3) is 11.0 Å². The second kappa shape index (κ2) is 5.60. The third kappa shape index (κ3) is 3.06. The molecule has 2 nitrogen and oxygen atoms in total. The number of imidazole rings is 1. The van der Waals surface area contributed by atoms with Crippen molar-refractivity contribution in [1.29, 1.82) is 0 Å². The normalized spacial score (nSPS) is 12.0. The molecule has 0 aliphatic carbocycles. The van der Waals surface area contributed by atoms with E-state index in [1.165, 1.54) is 22.5 Å². The molecule has 0 unspecified atom stereocenters. The van der Waals surface area contributed by atoms with Crippen molar-refractivity contribution in [2.45, 2.75) is 40.7 Å². The third-order valence-electron chi connectivity index (χ3n) is 4.01. The van der Waals surface area contributed by atoms with Crippen molar-refractivity contribution in [3.8, 4) is 0 Å². The Hall–Kier alpha value is -2.09. The molecule has 1 heterocycles. The van der Waals surface area contributed by atoms with Gasteiger partial charge >= 0.3 is 0 Å². The van der Waals surface area contributed by atoms with E-state index < -0.39 is 0 Å². The maximum Gasteiger partial charge on any atom is 0.110 e. The Morgan fingerprint density at radius 1 is 0.955 bits per heavy atom. The highest BCUT2D eigenvalue weighted by Crippen LogP contribution is 2.25. The first-order chi connectivity index (χ1) is 10.4. The van der Waals surface area contributed by atoms with Gasteiger partial charge in [0.15, 0.2) is 0 Å². The number of fused-ring (bicyclic) bond motifs is 1. The first-order valence-corrected chi connectivity index (χ1v) is 7.93. The van der Waals surface area contributed by atoms with E-state index >= 15 is 0 Å². The van der Waals surface area contributed by atoms with E-state index in [2.05, 4.69) is 80.8 Å². The standard InChI is InChI=1S/C20H24N2/c1-15-9-5-6-10-16(15)14-22-18-12-8-7-11-17(18)21-19(22)13-20(2,3)4/h5-12H,13-14H2,1-4H3. The van der Waals surface area contributed by atoms with Gasteiger partial charge in [0.05, 0.1) is 11.0 Å². The number of nitrogens with zero attached hydrogens (tertiary/aromatic N) is 2. The lowest BCUT2D eigenvalue weighted by Gasteiger charge is -2.19. The van der Waals surface area contributed by atoms with Gasteiger partial charge in [0.25, 0.3) is 0 Å². The maximum absolute atomic E-state index is 4.89. The predicted molar refractivity (Wildman–Crippen MR) is 93.2 cm³/mol. The summed E-state index contributed by atoms with van der Waals surface area (Å²) in [4.78, 5) is 4.89. The van der Waals surface area contributed by atoms with Crippen LogP contribution in [0.1, 0.15) is 37.7 Å². The van der Waals surface area contributed by atoms with Gasteiger partial charge in [-0.15, -0.1) is 0 Å². The third-order valence-corrected chi connectivity index (χ3v) is 4.01. The Bertz CT molecular complexity index is 791. The lowest BCUT2D eigenvalue weighted by atomic mass is 9.92. The Labute approximate surface area is 132 Å². The monoisotopic (exact) mass is 292 g/mol. The molecule has 22 heavy (non-hydrogen) atoms. The Morgan fingerprint density at radius 2 is 1.64 bits per heavy atom. The van der Waals surface area contributed by atoms with Crippen molar-refractivity contribution in [2.75, 3.05) is 0 Å². The smallest absolute Gasteiger partial charge is 0.110 e.